The van der Waals surface area contributed by atoms with E-state index in [-0.39, 0.29) is 11.6 Å². The van der Waals surface area contributed by atoms with Crippen molar-refractivity contribution in [1.82, 2.24) is 14.5 Å². The molecule has 0 aliphatic carbocycles. The Morgan fingerprint density at radius 1 is 0.969 bits per heavy atom. The topological polar surface area (TPSA) is 57.0 Å². The van der Waals surface area contributed by atoms with Crippen LogP contribution in [0.25, 0.3) is 26.8 Å². The fourth-order valence-corrected chi connectivity index (χ4v) is 4.88. The van der Waals surface area contributed by atoms with E-state index in [2.05, 4.69) is 4.98 Å². The summed E-state index contributed by atoms with van der Waals surface area (Å²) in [5, 5.41) is 1.82. The summed E-state index contributed by atoms with van der Waals surface area (Å²) in [7, 11) is 0. The average Bonchev–Trinajstić information content (AvgIpc) is 3.04. The number of thiophene rings is 1. The first-order valence-corrected chi connectivity index (χ1v) is 11.1. The Hall–Kier alpha value is -3.29. The number of nitrogens with zero attached hydrogens (tertiary/aromatic N) is 3. The molecule has 0 radical (unpaired) electrons. The fourth-order valence-electron chi connectivity index (χ4n) is 3.68. The summed E-state index contributed by atoms with van der Waals surface area (Å²) < 4.78 is 21.0. The SMILES string of the molecule is Cc1sc2nc(C)c3c(=O)n(-c4ccc(F)cc4)c(Oc4ccc(Cl)cc4)nc3c2c1C. The number of halogens is 2. The van der Waals surface area contributed by atoms with Crippen LogP contribution in [-0.2, 0) is 0 Å². The van der Waals surface area contributed by atoms with E-state index < -0.39 is 5.82 Å². The van der Waals surface area contributed by atoms with E-state index in [1.165, 1.54) is 28.8 Å². The Labute approximate surface area is 191 Å². The molecule has 0 bridgehead atoms. The summed E-state index contributed by atoms with van der Waals surface area (Å²) in [6.07, 6.45) is 0. The third kappa shape index (κ3) is 3.34. The van der Waals surface area contributed by atoms with Gasteiger partial charge in [-0.2, -0.15) is 4.98 Å². The Bertz CT molecular complexity index is 1560. The molecule has 0 N–H and O–H groups in total. The highest BCUT2D eigenvalue weighted by atomic mass is 35.5. The third-order valence-corrected chi connectivity index (χ3v) is 6.75. The average molecular weight is 466 g/mol. The number of rotatable bonds is 3. The maximum absolute atomic E-state index is 13.8. The van der Waals surface area contributed by atoms with Gasteiger partial charge in [0.05, 0.1) is 22.3 Å². The highest BCUT2D eigenvalue weighted by molar-refractivity contribution is 7.18. The lowest BCUT2D eigenvalue weighted by atomic mass is 10.1. The maximum atomic E-state index is 13.8. The Kier molecular flexibility index (Phi) is 4.95. The Morgan fingerprint density at radius 2 is 1.66 bits per heavy atom. The summed E-state index contributed by atoms with van der Waals surface area (Å²) in [4.78, 5) is 25.2. The van der Waals surface area contributed by atoms with Crippen LogP contribution in [0.5, 0.6) is 11.8 Å². The number of hydrogen-bond acceptors (Lipinski definition) is 5. The predicted octanol–water partition coefficient (Wildman–Crippen LogP) is 6.51. The molecule has 5 rings (SSSR count). The summed E-state index contributed by atoms with van der Waals surface area (Å²) in [6.45, 7) is 5.81. The quantitative estimate of drug-likeness (QED) is 0.305. The minimum atomic E-state index is -0.403. The van der Waals surface area contributed by atoms with Crippen LogP contribution in [0.3, 0.4) is 0 Å². The lowest BCUT2D eigenvalue weighted by Gasteiger charge is -2.15. The van der Waals surface area contributed by atoms with Gasteiger partial charge in [-0.05, 0) is 74.9 Å². The van der Waals surface area contributed by atoms with Crippen LogP contribution < -0.4 is 10.3 Å². The number of aryl methyl sites for hydroxylation is 3. The zero-order chi connectivity index (χ0) is 22.6. The lowest BCUT2D eigenvalue weighted by Crippen LogP contribution is -2.22. The van der Waals surface area contributed by atoms with Gasteiger partial charge in [0, 0.05) is 15.3 Å². The van der Waals surface area contributed by atoms with Crippen LogP contribution in [0.2, 0.25) is 5.02 Å². The van der Waals surface area contributed by atoms with E-state index in [0.29, 0.717) is 33.1 Å². The predicted molar refractivity (Wildman–Crippen MR) is 126 cm³/mol. The van der Waals surface area contributed by atoms with Gasteiger partial charge in [0.15, 0.2) is 0 Å². The molecule has 5 nitrogen and oxygen atoms in total. The number of pyridine rings is 1. The molecule has 0 spiro atoms. The van der Waals surface area contributed by atoms with Crippen LogP contribution in [0, 0.1) is 26.6 Å². The van der Waals surface area contributed by atoms with Crippen LogP contribution in [0.15, 0.2) is 53.3 Å². The summed E-state index contributed by atoms with van der Waals surface area (Å²) in [5.41, 5.74) is 2.27. The van der Waals surface area contributed by atoms with E-state index in [1.54, 1.807) is 42.5 Å². The molecule has 0 amide bonds. The summed E-state index contributed by atoms with van der Waals surface area (Å²) in [5.74, 6) is 0.0661. The Morgan fingerprint density at radius 3 is 2.34 bits per heavy atom. The van der Waals surface area contributed by atoms with Gasteiger partial charge in [-0.3, -0.25) is 4.79 Å². The summed E-state index contributed by atoms with van der Waals surface area (Å²) >= 11 is 7.56. The van der Waals surface area contributed by atoms with Crippen molar-refractivity contribution in [3.8, 4) is 17.4 Å². The molecule has 0 aliphatic rings. The number of benzene rings is 2. The second-order valence-electron chi connectivity index (χ2n) is 7.45. The van der Waals surface area contributed by atoms with Crippen molar-refractivity contribution in [2.24, 2.45) is 0 Å². The molecule has 3 heterocycles. The molecular formula is C24H17ClFN3O2S. The van der Waals surface area contributed by atoms with Crippen molar-refractivity contribution in [3.05, 3.63) is 85.9 Å². The normalized spacial score (nSPS) is 11.4. The van der Waals surface area contributed by atoms with Gasteiger partial charge >= 0.3 is 6.01 Å². The van der Waals surface area contributed by atoms with Gasteiger partial charge in [0.2, 0.25) is 0 Å². The van der Waals surface area contributed by atoms with Gasteiger partial charge < -0.3 is 4.74 Å². The van der Waals surface area contributed by atoms with E-state index in [9.17, 15) is 9.18 Å². The number of fused-ring (bicyclic) bond motifs is 3. The van der Waals surface area contributed by atoms with Crippen LogP contribution >= 0.6 is 22.9 Å². The van der Waals surface area contributed by atoms with E-state index >= 15 is 0 Å². The molecule has 0 unspecified atom stereocenters. The van der Waals surface area contributed by atoms with Crippen molar-refractivity contribution >= 4 is 44.1 Å². The zero-order valence-corrected chi connectivity index (χ0v) is 19.0. The van der Waals surface area contributed by atoms with Crippen molar-refractivity contribution in [3.63, 3.8) is 0 Å². The highest BCUT2D eigenvalue weighted by Crippen LogP contribution is 2.35. The highest BCUT2D eigenvalue weighted by Gasteiger charge is 2.21. The minimum Gasteiger partial charge on any atom is -0.425 e. The number of ether oxygens (including phenoxy) is 1. The van der Waals surface area contributed by atoms with Crippen molar-refractivity contribution in [2.75, 3.05) is 0 Å². The Balaban J connectivity index is 1.88. The first-order chi connectivity index (χ1) is 15.3. The molecule has 0 atom stereocenters. The zero-order valence-electron chi connectivity index (χ0n) is 17.4. The van der Waals surface area contributed by atoms with Gasteiger partial charge in [0.1, 0.15) is 16.4 Å². The molecule has 0 aliphatic heterocycles. The van der Waals surface area contributed by atoms with Crippen molar-refractivity contribution in [2.45, 2.75) is 20.8 Å². The molecule has 5 aromatic rings. The van der Waals surface area contributed by atoms with E-state index in [4.69, 9.17) is 21.3 Å². The van der Waals surface area contributed by atoms with Crippen molar-refractivity contribution in [1.29, 1.82) is 0 Å². The molecule has 0 saturated carbocycles. The smallest absolute Gasteiger partial charge is 0.310 e. The standard InChI is InChI=1S/C24H17ClFN3O2S/c1-12-14(3)32-22-19(12)21-20(13(2)27-22)23(30)29(17-8-6-16(26)7-9-17)24(28-21)31-18-10-4-15(25)5-11-18/h4-11H,1-3H3. The second kappa shape index (κ2) is 7.69. The molecule has 2 aromatic carbocycles. The van der Waals surface area contributed by atoms with E-state index in [1.807, 2.05) is 13.8 Å². The van der Waals surface area contributed by atoms with Crippen molar-refractivity contribution < 1.29 is 9.13 Å². The van der Waals surface area contributed by atoms with Gasteiger partial charge in [0.25, 0.3) is 5.56 Å². The van der Waals surface area contributed by atoms with Crippen LogP contribution in [-0.4, -0.2) is 14.5 Å². The first-order valence-electron chi connectivity index (χ1n) is 9.86. The first kappa shape index (κ1) is 20.6. The van der Waals surface area contributed by atoms with Gasteiger partial charge in [-0.15, -0.1) is 11.3 Å². The molecular weight excluding hydrogens is 449 g/mol. The molecule has 0 fully saturated rings. The molecule has 3 aromatic heterocycles. The maximum Gasteiger partial charge on any atom is 0.310 e. The van der Waals surface area contributed by atoms with E-state index in [0.717, 1.165) is 20.7 Å². The second-order valence-corrected chi connectivity index (χ2v) is 9.09. The molecule has 0 saturated heterocycles. The number of aromatic nitrogens is 3. The fraction of sp³-hybridized carbons (Fsp3) is 0.125. The minimum absolute atomic E-state index is 0.0755. The largest absolute Gasteiger partial charge is 0.425 e. The van der Waals surface area contributed by atoms with Crippen LogP contribution in [0.4, 0.5) is 4.39 Å². The molecule has 32 heavy (non-hydrogen) atoms. The van der Waals surface area contributed by atoms with Crippen LogP contribution in [0.1, 0.15) is 16.1 Å². The molecule has 8 heteroatoms. The molecule has 160 valence electrons. The lowest BCUT2D eigenvalue weighted by molar-refractivity contribution is 0.427. The monoisotopic (exact) mass is 465 g/mol. The number of hydrogen-bond donors (Lipinski definition) is 0. The van der Waals surface area contributed by atoms with Gasteiger partial charge in [-0.25, -0.2) is 13.9 Å². The summed E-state index contributed by atoms with van der Waals surface area (Å²) in [6, 6.07) is 12.5. The van der Waals surface area contributed by atoms with Gasteiger partial charge in [-0.1, -0.05) is 11.6 Å². The third-order valence-electron chi connectivity index (χ3n) is 5.39.